The van der Waals surface area contributed by atoms with Gasteiger partial charge in [-0.05, 0) is 118 Å². The van der Waals surface area contributed by atoms with Gasteiger partial charge in [-0.3, -0.25) is 9.59 Å². The van der Waals surface area contributed by atoms with Gasteiger partial charge in [-0.1, -0.05) is 52.2 Å². The van der Waals surface area contributed by atoms with Crippen LogP contribution in [0.3, 0.4) is 0 Å². The lowest BCUT2D eigenvalue weighted by Gasteiger charge is -2.58. The highest BCUT2D eigenvalue weighted by atomic mass is 16.3. The summed E-state index contributed by atoms with van der Waals surface area (Å²) in [5.74, 6) is 3.80. The second-order valence-corrected chi connectivity index (χ2v) is 13.5. The normalized spacial score (nSPS) is 41.2. The molecule has 0 aromatic carbocycles. The highest BCUT2D eigenvalue weighted by Crippen LogP contribution is 2.67. The largest absolute Gasteiger partial charge is 0.393 e. The van der Waals surface area contributed by atoms with Crippen LogP contribution in [0.2, 0.25) is 0 Å². The minimum Gasteiger partial charge on any atom is -0.393 e. The van der Waals surface area contributed by atoms with E-state index >= 15 is 0 Å². The van der Waals surface area contributed by atoms with Crippen molar-refractivity contribution in [2.24, 2.45) is 52.3 Å². The molecule has 34 heavy (non-hydrogen) atoms. The second kappa shape index (κ2) is 9.83. The number of allylic oxidation sites excluding steroid dienone is 1. The van der Waals surface area contributed by atoms with E-state index < -0.39 is 5.92 Å². The van der Waals surface area contributed by atoms with Crippen LogP contribution in [0.25, 0.3) is 0 Å². The van der Waals surface area contributed by atoms with Gasteiger partial charge in [0.15, 0.2) is 0 Å². The fraction of sp³-hybridized carbons (Fsp3) is 0.871. The molecule has 1 N–H and O–H groups in total. The third-order valence-electron chi connectivity index (χ3n) is 11.6. The summed E-state index contributed by atoms with van der Waals surface area (Å²) in [5.41, 5.74) is 2.36. The monoisotopic (exact) mass is 470 g/mol. The maximum absolute atomic E-state index is 11.9. The maximum Gasteiger partial charge on any atom is 0.140 e. The van der Waals surface area contributed by atoms with Crippen molar-refractivity contribution in [3.63, 3.8) is 0 Å². The van der Waals surface area contributed by atoms with Gasteiger partial charge in [-0.2, -0.15) is 0 Å². The van der Waals surface area contributed by atoms with Gasteiger partial charge < -0.3 is 5.11 Å². The van der Waals surface area contributed by atoms with E-state index in [1.165, 1.54) is 44.9 Å². The van der Waals surface area contributed by atoms with Crippen LogP contribution < -0.4 is 0 Å². The van der Waals surface area contributed by atoms with Crippen LogP contribution in [0.1, 0.15) is 112 Å². The van der Waals surface area contributed by atoms with Crippen molar-refractivity contribution in [3.05, 3.63) is 11.6 Å². The molecule has 3 heteroatoms. The fourth-order valence-electron chi connectivity index (χ4n) is 9.83. The van der Waals surface area contributed by atoms with Crippen molar-refractivity contribution in [3.8, 4) is 0 Å². The molecule has 4 rings (SSSR count). The molecule has 4 aliphatic carbocycles. The molecule has 0 saturated heterocycles. The minimum atomic E-state index is -0.412. The number of hydrogen-bond donors (Lipinski definition) is 1. The van der Waals surface area contributed by atoms with Gasteiger partial charge in [0.25, 0.3) is 0 Å². The fourth-order valence-corrected chi connectivity index (χ4v) is 9.83. The molecule has 0 amide bonds. The van der Waals surface area contributed by atoms with Crippen molar-refractivity contribution in [2.75, 3.05) is 0 Å². The maximum atomic E-state index is 11.9. The lowest BCUT2D eigenvalue weighted by molar-refractivity contribution is -0.132. The van der Waals surface area contributed by atoms with Crippen molar-refractivity contribution < 1.29 is 14.7 Å². The molecule has 0 spiro atoms. The van der Waals surface area contributed by atoms with Crippen LogP contribution >= 0.6 is 0 Å². The Morgan fingerprint density at radius 1 is 1.00 bits per heavy atom. The number of aliphatic hydroxyl groups is 1. The van der Waals surface area contributed by atoms with Gasteiger partial charge >= 0.3 is 0 Å². The number of rotatable bonds is 8. The van der Waals surface area contributed by atoms with Crippen LogP contribution in [0, 0.1) is 52.3 Å². The van der Waals surface area contributed by atoms with E-state index in [1.807, 2.05) is 0 Å². The van der Waals surface area contributed by atoms with Crippen LogP contribution in [0.5, 0.6) is 0 Å². The average Bonchev–Trinajstić information content (AvgIpc) is 3.11. The van der Waals surface area contributed by atoms with Crippen LogP contribution in [0.15, 0.2) is 11.6 Å². The summed E-state index contributed by atoms with van der Waals surface area (Å²) < 4.78 is 0. The number of Topliss-reactive ketones (excluding diaryl/α,β-unsaturated/α-hetero) is 2. The molecule has 3 saturated carbocycles. The van der Waals surface area contributed by atoms with E-state index in [1.54, 1.807) is 19.4 Å². The Morgan fingerprint density at radius 3 is 2.38 bits per heavy atom. The van der Waals surface area contributed by atoms with Gasteiger partial charge in [0.1, 0.15) is 11.6 Å². The lowest BCUT2D eigenvalue weighted by Crippen LogP contribution is -2.50. The first kappa shape index (κ1) is 26.1. The molecule has 3 fully saturated rings. The lowest BCUT2D eigenvalue weighted by atomic mass is 9.47. The van der Waals surface area contributed by atoms with Crippen molar-refractivity contribution in [1.29, 1.82) is 0 Å². The number of fused-ring (bicyclic) bond motifs is 5. The molecule has 2 unspecified atom stereocenters. The Labute approximate surface area is 208 Å². The number of carbonyl (C=O) groups excluding carboxylic acids is 2. The summed E-state index contributed by atoms with van der Waals surface area (Å²) in [4.78, 5) is 23.9. The summed E-state index contributed by atoms with van der Waals surface area (Å²) in [6, 6.07) is 0. The SMILES string of the molecule is CC(=O)C(C(C)=O)C(C)CCCC(C)[C@H]1CC[C@H]2[C@@H]3CC=C4C[C@@H](O)CC[C@]4(C)[C@H]3CC[C@]12C. The summed E-state index contributed by atoms with van der Waals surface area (Å²) in [6.45, 7) is 12.8. The average molecular weight is 471 g/mol. The van der Waals surface area contributed by atoms with Gasteiger partial charge in [0.2, 0.25) is 0 Å². The molecule has 0 bridgehead atoms. The standard InChI is InChI=1S/C31H50O3/c1-19(8-7-9-20(2)29(21(3)32)22(4)33)26-12-13-27-25-11-10-23-18-24(34)14-16-30(23,5)28(25)15-17-31(26,27)6/h10,19-20,24-29,34H,7-9,11-18H2,1-6H3/t19?,20?,24-,25-,26+,27-,28-,30-,31+/m0/s1. The van der Waals surface area contributed by atoms with Crippen molar-refractivity contribution in [1.82, 2.24) is 0 Å². The zero-order valence-electron chi connectivity index (χ0n) is 22.7. The quantitative estimate of drug-likeness (QED) is 0.302. The zero-order chi connectivity index (χ0) is 24.8. The summed E-state index contributed by atoms with van der Waals surface area (Å²) in [5, 5.41) is 10.3. The first-order valence-electron chi connectivity index (χ1n) is 14.4. The van der Waals surface area contributed by atoms with E-state index in [0.717, 1.165) is 49.4 Å². The van der Waals surface area contributed by atoms with E-state index in [2.05, 4.69) is 33.8 Å². The molecule has 0 aliphatic heterocycles. The van der Waals surface area contributed by atoms with E-state index in [9.17, 15) is 14.7 Å². The molecule has 9 atom stereocenters. The predicted octanol–water partition coefficient (Wildman–Crippen LogP) is 7.16. The van der Waals surface area contributed by atoms with Gasteiger partial charge in [-0.15, -0.1) is 0 Å². The highest BCUT2D eigenvalue weighted by molar-refractivity contribution is 6.00. The molecule has 0 heterocycles. The van der Waals surface area contributed by atoms with E-state index in [0.29, 0.717) is 16.7 Å². The Balaban J connectivity index is 1.39. The molecule has 0 aromatic rings. The number of carbonyl (C=O) groups is 2. The molecule has 4 aliphatic rings. The summed E-state index contributed by atoms with van der Waals surface area (Å²) >= 11 is 0. The Kier molecular flexibility index (Phi) is 7.55. The first-order valence-corrected chi connectivity index (χ1v) is 14.4. The minimum absolute atomic E-state index is 0.0295. The molecule has 192 valence electrons. The first-order chi connectivity index (χ1) is 16.0. The van der Waals surface area contributed by atoms with Gasteiger partial charge in [0.05, 0.1) is 12.0 Å². The zero-order valence-corrected chi connectivity index (χ0v) is 22.7. The van der Waals surface area contributed by atoms with E-state index in [4.69, 9.17) is 0 Å². The molecule has 3 nitrogen and oxygen atoms in total. The predicted molar refractivity (Wildman–Crippen MR) is 138 cm³/mol. The molecular weight excluding hydrogens is 420 g/mol. The van der Waals surface area contributed by atoms with Crippen molar-refractivity contribution >= 4 is 11.6 Å². The molecular formula is C31H50O3. The third kappa shape index (κ3) is 4.48. The Hall–Kier alpha value is -0.960. The number of hydrogen-bond acceptors (Lipinski definition) is 3. The summed E-state index contributed by atoms with van der Waals surface area (Å²) in [7, 11) is 0. The van der Waals surface area contributed by atoms with Crippen molar-refractivity contribution in [2.45, 2.75) is 118 Å². The van der Waals surface area contributed by atoms with E-state index in [-0.39, 0.29) is 23.6 Å². The number of aliphatic hydroxyl groups excluding tert-OH is 1. The van der Waals surface area contributed by atoms with Crippen LogP contribution in [-0.2, 0) is 9.59 Å². The van der Waals surface area contributed by atoms with Gasteiger partial charge in [-0.25, -0.2) is 0 Å². The Morgan fingerprint density at radius 2 is 1.71 bits per heavy atom. The topological polar surface area (TPSA) is 54.4 Å². The Bertz CT molecular complexity index is 799. The number of ketones is 2. The third-order valence-corrected chi connectivity index (χ3v) is 11.6. The van der Waals surface area contributed by atoms with Crippen LogP contribution in [-0.4, -0.2) is 22.8 Å². The molecule has 0 radical (unpaired) electrons. The highest BCUT2D eigenvalue weighted by Gasteiger charge is 2.59. The smallest absolute Gasteiger partial charge is 0.140 e. The molecule has 0 aromatic heterocycles. The second-order valence-electron chi connectivity index (χ2n) is 13.5. The summed E-state index contributed by atoms with van der Waals surface area (Å²) in [6.07, 6.45) is 15.5. The van der Waals surface area contributed by atoms with Crippen LogP contribution in [0.4, 0.5) is 0 Å². The van der Waals surface area contributed by atoms with Gasteiger partial charge in [0, 0.05) is 0 Å².